The first-order valence-electron chi connectivity index (χ1n) is 7.32. The van der Waals surface area contributed by atoms with Crippen LogP contribution in [0.5, 0.6) is 5.75 Å². The lowest BCUT2D eigenvalue weighted by atomic mass is 10.2. The van der Waals surface area contributed by atoms with Crippen LogP contribution in [0.2, 0.25) is 0 Å². The molecule has 1 fully saturated rings. The summed E-state index contributed by atoms with van der Waals surface area (Å²) < 4.78 is 5.83. The van der Waals surface area contributed by atoms with Gasteiger partial charge in [0, 0.05) is 17.2 Å². The number of aryl methyl sites for hydroxylation is 1. The minimum Gasteiger partial charge on any atom is -0.493 e. The maximum atomic E-state index is 8.92. The Morgan fingerprint density at radius 3 is 2.90 bits per heavy atom. The van der Waals surface area contributed by atoms with Crippen LogP contribution in [0.3, 0.4) is 0 Å². The summed E-state index contributed by atoms with van der Waals surface area (Å²) in [5.74, 6) is 1.55. The van der Waals surface area contributed by atoms with E-state index in [1.807, 2.05) is 18.2 Å². The number of rotatable bonds is 6. The highest BCUT2D eigenvalue weighted by atomic mass is 32.1. The molecule has 0 bridgehead atoms. The molecular weight excluding hydrogens is 280 g/mol. The molecule has 0 aliphatic heterocycles. The molecular formula is C17H18N2OS. The SMILES string of the molecule is Cc1ccccc1OCCc1nc(C2CC2)c(CC#N)s1. The van der Waals surface area contributed by atoms with E-state index in [4.69, 9.17) is 15.0 Å². The second-order valence-electron chi connectivity index (χ2n) is 5.39. The van der Waals surface area contributed by atoms with Crippen molar-refractivity contribution in [3.05, 3.63) is 45.4 Å². The van der Waals surface area contributed by atoms with Crippen LogP contribution in [0.4, 0.5) is 0 Å². The van der Waals surface area contributed by atoms with E-state index >= 15 is 0 Å². The molecule has 108 valence electrons. The van der Waals surface area contributed by atoms with E-state index in [2.05, 4.69) is 19.1 Å². The molecule has 1 aliphatic carbocycles. The largest absolute Gasteiger partial charge is 0.493 e. The fraction of sp³-hybridized carbons (Fsp3) is 0.412. The molecule has 0 unspecified atom stereocenters. The number of nitrogens with zero attached hydrogens (tertiary/aromatic N) is 2. The zero-order chi connectivity index (χ0) is 14.7. The molecule has 4 heteroatoms. The van der Waals surface area contributed by atoms with Crippen LogP contribution in [0.25, 0.3) is 0 Å². The summed E-state index contributed by atoms with van der Waals surface area (Å²) in [7, 11) is 0. The van der Waals surface area contributed by atoms with E-state index < -0.39 is 0 Å². The third kappa shape index (κ3) is 3.43. The molecule has 1 aliphatic rings. The molecule has 0 radical (unpaired) electrons. The average Bonchev–Trinajstić information content (AvgIpc) is 3.24. The van der Waals surface area contributed by atoms with Gasteiger partial charge in [-0.15, -0.1) is 11.3 Å². The Bertz CT molecular complexity index is 668. The normalized spacial score (nSPS) is 13.9. The van der Waals surface area contributed by atoms with E-state index in [1.165, 1.54) is 18.5 Å². The zero-order valence-corrected chi connectivity index (χ0v) is 12.9. The van der Waals surface area contributed by atoms with Crippen LogP contribution < -0.4 is 4.74 Å². The van der Waals surface area contributed by atoms with Gasteiger partial charge in [0.1, 0.15) is 5.75 Å². The van der Waals surface area contributed by atoms with Gasteiger partial charge in [0.2, 0.25) is 0 Å². The van der Waals surface area contributed by atoms with Crippen molar-refractivity contribution in [3.63, 3.8) is 0 Å². The van der Waals surface area contributed by atoms with Crippen molar-refractivity contribution in [3.8, 4) is 11.8 Å². The van der Waals surface area contributed by atoms with Crippen LogP contribution in [0.1, 0.15) is 39.9 Å². The van der Waals surface area contributed by atoms with E-state index in [9.17, 15) is 0 Å². The van der Waals surface area contributed by atoms with Crippen LogP contribution in [-0.4, -0.2) is 11.6 Å². The van der Waals surface area contributed by atoms with Crippen LogP contribution >= 0.6 is 11.3 Å². The average molecular weight is 298 g/mol. The number of aromatic nitrogens is 1. The first-order valence-corrected chi connectivity index (χ1v) is 8.13. The number of hydrogen-bond acceptors (Lipinski definition) is 4. The number of hydrogen-bond donors (Lipinski definition) is 0. The summed E-state index contributed by atoms with van der Waals surface area (Å²) in [6.07, 6.45) is 3.74. The van der Waals surface area contributed by atoms with Gasteiger partial charge in [0.15, 0.2) is 0 Å². The molecule has 1 aromatic carbocycles. The summed E-state index contributed by atoms with van der Waals surface area (Å²) in [5, 5.41) is 10.0. The van der Waals surface area contributed by atoms with Gasteiger partial charge in [0.05, 0.1) is 29.8 Å². The summed E-state index contributed by atoms with van der Waals surface area (Å²) in [6.45, 7) is 2.68. The molecule has 2 aromatic rings. The van der Waals surface area contributed by atoms with Crippen molar-refractivity contribution < 1.29 is 4.74 Å². The van der Waals surface area contributed by atoms with Gasteiger partial charge in [-0.2, -0.15) is 5.26 Å². The molecule has 0 spiro atoms. The monoisotopic (exact) mass is 298 g/mol. The lowest BCUT2D eigenvalue weighted by Crippen LogP contribution is -2.02. The Hall–Kier alpha value is -1.86. The number of para-hydroxylation sites is 1. The smallest absolute Gasteiger partial charge is 0.122 e. The second-order valence-corrected chi connectivity index (χ2v) is 6.56. The molecule has 3 nitrogen and oxygen atoms in total. The molecule has 21 heavy (non-hydrogen) atoms. The van der Waals surface area contributed by atoms with Gasteiger partial charge in [-0.3, -0.25) is 0 Å². The fourth-order valence-electron chi connectivity index (χ4n) is 2.36. The number of ether oxygens (including phenoxy) is 1. The number of benzene rings is 1. The summed E-state index contributed by atoms with van der Waals surface area (Å²) in [6, 6.07) is 10.3. The number of nitriles is 1. The Labute approximate surface area is 129 Å². The maximum absolute atomic E-state index is 8.92. The predicted octanol–water partition coefficient (Wildman–Crippen LogP) is 4.02. The highest BCUT2D eigenvalue weighted by Crippen LogP contribution is 2.42. The molecule has 0 N–H and O–H groups in total. The first-order chi connectivity index (χ1) is 10.3. The van der Waals surface area contributed by atoms with Crippen LogP contribution in [0, 0.1) is 18.3 Å². The molecule has 3 rings (SSSR count). The van der Waals surface area contributed by atoms with E-state index in [-0.39, 0.29) is 0 Å². The first kappa shape index (κ1) is 14.1. The molecule has 1 aromatic heterocycles. The Morgan fingerprint density at radius 1 is 1.38 bits per heavy atom. The number of thiazole rings is 1. The van der Waals surface area contributed by atoms with Crippen LogP contribution in [-0.2, 0) is 12.8 Å². The summed E-state index contributed by atoms with van der Waals surface area (Å²) in [5.41, 5.74) is 2.33. The Balaban J connectivity index is 1.62. The van der Waals surface area contributed by atoms with Crippen molar-refractivity contribution in [1.82, 2.24) is 4.98 Å². The molecule has 0 saturated heterocycles. The van der Waals surface area contributed by atoms with Gasteiger partial charge >= 0.3 is 0 Å². The van der Waals surface area contributed by atoms with E-state index in [1.54, 1.807) is 11.3 Å². The van der Waals surface area contributed by atoms with Crippen molar-refractivity contribution in [2.24, 2.45) is 0 Å². The Kier molecular flexibility index (Phi) is 4.21. The Morgan fingerprint density at radius 2 is 2.19 bits per heavy atom. The molecule has 0 atom stereocenters. The van der Waals surface area contributed by atoms with Crippen molar-refractivity contribution in [1.29, 1.82) is 5.26 Å². The minimum absolute atomic E-state index is 0.488. The van der Waals surface area contributed by atoms with Crippen molar-refractivity contribution in [2.75, 3.05) is 6.61 Å². The van der Waals surface area contributed by atoms with Gasteiger partial charge in [-0.1, -0.05) is 18.2 Å². The predicted molar refractivity (Wildman–Crippen MR) is 83.8 cm³/mol. The van der Waals surface area contributed by atoms with E-state index in [0.29, 0.717) is 18.9 Å². The quantitative estimate of drug-likeness (QED) is 0.809. The van der Waals surface area contributed by atoms with Gasteiger partial charge in [0.25, 0.3) is 0 Å². The lowest BCUT2D eigenvalue weighted by molar-refractivity contribution is 0.319. The fourth-order valence-corrected chi connectivity index (χ4v) is 3.43. The molecule has 1 saturated carbocycles. The highest BCUT2D eigenvalue weighted by Gasteiger charge is 2.29. The van der Waals surface area contributed by atoms with Gasteiger partial charge in [-0.25, -0.2) is 4.98 Å². The maximum Gasteiger partial charge on any atom is 0.122 e. The van der Waals surface area contributed by atoms with Crippen LogP contribution in [0.15, 0.2) is 24.3 Å². The summed E-state index contributed by atoms with van der Waals surface area (Å²) >= 11 is 1.68. The highest BCUT2D eigenvalue weighted by molar-refractivity contribution is 7.11. The van der Waals surface area contributed by atoms with Gasteiger partial charge < -0.3 is 4.74 Å². The standard InChI is InChI=1S/C17H18N2OS/c1-12-4-2-3-5-14(12)20-11-9-16-19-17(13-6-7-13)15(21-16)8-10-18/h2-5,13H,6-9,11H2,1H3. The molecule has 0 amide bonds. The third-order valence-corrected chi connectivity index (χ3v) is 4.77. The van der Waals surface area contributed by atoms with E-state index in [0.717, 1.165) is 27.6 Å². The topological polar surface area (TPSA) is 45.9 Å². The van der Waals surface area contributed by atoms with Crippen molar-refractivity contribution >= 4 is 11.3 Å². The molecule has 1 heterocycles. The second kappa shape index (κ2) is 6.28. The zero-order valence-electron chi connectivity index (χ0n) is 12.1. The third-order valence-electron chi connectivity index (χ3n) is 3.64. The summed E-state index contributed by atoms with van der Waals surface area (Å²) in [4.78, 5) is 5.89. The lowest BCUT2D eigenvalue weighted by Gasteiger charge is -2.07. The van der Waals surface area contributed by atoms with Crippen molar-refractivity contribution in [2.45, 2.75) is 38.5 Å². The van der Waals surface area contributed by atoms with Gasteiger partial charge in [-0.05, 0) is 31.4 Å². The minimum atomic E-state index is 0.488.